The van der Waals surface area contributed by atoms with Crippen molar-refractivity contribution in [2.75, 3.05) is 20.2 Å². The topological polar surface area (TPSA) is 60.4 Å². The van der Waals surface area contributed by atoms with Gasteiger partial charge in [-0.1, -0.05) is 28.9 Å². The number of benzene rings is 2. The third-order valence-electron chi connectivity index (χ3n) is 4.64. The lowest BCUT2D eigenvalue weighted by Crippen LogP contribution is -2.34. The first kappa shape index (κ1) is 17.9. The highest BCUT2D eigenvalue weighted by Gasteiger charge is 2.40. The normalized spacial score (nSPS) is 24.4. The molecule has 8 heteroatoms. The lowest BCUT2D eigenvalue weighted by atomic mass is 10.1. The summed E-state index contributed by atoms with van der Waals surface area (Å²) in [5.41, 5.74) is 0.642. The van der Waals surface area contributed by atoms with Crippen molar-refractivity contribution < 1.29 is 14.4 Å². The molecule has 0 amide bonds. The van der Waals surface area contributed by atoms with Crippen molar-refractivity contribution in [2.45, 2.75) is 12.2 Å². The molecule has 0 bridgehead atoms. The van der Waals surface area contributed by atoms with Gasteiger partial charge in [0.05, 0.1) is 29.9 Å². The molecule has 3 atom stereocenters. The zero-order chi connectivity index (χ0) is 19.0. The fourth-order valence-corrected chi connectivity index (χ4v) is 3.46. The van der Waals surface area contributed by atoms with E-state index in [1.807, 2.05) is 0 Å². The van der Waals surface area contributed by atoms with Crippen LogP contribution in [0.2, 0.25) is 5.02 Å². The molecule has 27 heavy (non-hydrogen) atoms. The van der Waals surface area contributed by atoms with Gasteiger partial charge in [0.25, 0.3) is 0 Å². The van der Waals surface area contributed by atoms with Gasteiger partial charge in [-0.2, -0.15) is 0 Å². The molecule has 0 aromatic heterocycles. The summed E-state index contributed by atoms with van der Waals surface area (Å²) < 4.78 is 14.5. The highest BCUT2D eigenvalue weighted by Crippen LogP contribution is 2.25. The summed E-state index contributed by atoms with van der Waals surface area (Å²) in [6, 6.07) is 11.6. The largest absolute Gasteiger partial charge is 0.399 e. The Morgan fingerprint density at radius 2 is 2.11 bits per heavy atom. The molecule has 6 nitrogen and oxygen atoms in total. The minimum absolute atomic E-state index is 0.0952. The van der Waals surface area contributed by atoms with Gasteiger partial charge in [-0.25, -0.2) is 4.39 Å². The summed E-state index contributed by atoms with van der Waals surface area (Å²) in [6.45, 7) is 0.945. The lowest BCUT2D eigenvalue weighted by molar-refractivity contribution is -0.0389. The van der Waals surface area contributed by atoms with Crippen LogP contribution in [0.1, 0.15) is 5.56 Å². The molecule has 140 valence electrons. The number of oxime groups is 1. The SMILES string of the molecule is CO/N=C/C1CN1C1CN(O)C(c2ccccc2F)=c2cc(Cl)ccc2=N1. The Morgan fingerprint density at radius 1 is 1.30 bits per heavy atom. The van der Waals surface area contributed by atoms with Crippen LogP contribution in [-0.2, 0) is 4.84 Å². The van der Waals surface area contributed by atoms with Crippen LogP contribution in [0, 0.1) is 5.82 Å². The molecule has 0 spiro atoms. The second-order valence-corrected chi connectivity index (χ2v) is 6.82. The zero-order valence-corrected chi connectivity index (χ0v) is 15.3. The first-order chi connectivity index (χ1) is 13.1. The maximum Gasteiger partial charge on any atom is 0.132 e. The number of halogens is 2. The molecule has 3 unspecified atom stereocenters. The first-order valence-corrected chi connectivity index (χ1v) is 8.87. The summed E-state index contributed by atoms with van der Waals surface area (Å²) in [7, 11) is 1.49. The minimum atomic E-state index is -0.423. The molecule has 0 saturated carbocycles. The van der Waals surface area contributed by atoms with Gasteiger partial charge in [0.2, 0.25) is 0 Å². The van der Waals surface area contributed by atoms with E-state index in [0.29, 0.717) is 26.9 Å². The molecular formula is C19H18ClFN4O2. The summed E-state index contributed by atoms with van der Waals surface area (Å²) in [4.78, 5) is 11.6. The average molecular weight is 389 g/mol. The van der Waals surface area contributed by atoms with Crippen LogP contribution in [0.3, 0.4) is 0 Å². The van der Waals surface area contributed by atoms with Crippen molar-refractivity contribution in [2.24, 2.45) is 10.1 Å². The van der Waals surface area contributed by atoms with Crippen LogP contribution in [0.15, 0.2) is 52.6 Å². The number of fused-ring (bicyclic) bond motifs is 1. The van der Waals surface area contributed by atoms with E-state index < -0.39 is 5.82 Å². The van der Waals surface area contributed by atoms with Crippen molar-refractivity contribution in [1.29, 1.82) is 0 Å². The van der Waals surface area contributed by atoms with Crippen LogP contribution in [-0.4, -0.2) is 53.8 Å². The van der Waals surface area contributed by atoms with Gasteiger partial charge >= 0.3 is 0 Å². The fourth-order valence-electron chi connectivity index (χ4n) is 3.29. The summed E-state index contributed by atoms with van der Waals surface area (Å²) >= 11 is 6.17. The van der Waals surface area contributed by atoms with E-state index in [1.54, 1.807) is 42.6 Å². The minimum Gasteiger partial charge on any atom is -0.399 e. The highest BCUT2D eigenvalue weighted by molar-refractivity contribution is 6.30. The van der Waals surface area contributed by atoms with Crippen LogP contribution in [0.25, 0.3) is 5.70 Å². The molecule has 2 aromatic carbocycles. The van der Waals surface area contributed by atoms with Gasteiger partial charge in [0.15, 0.2) is 0 Å². The Bertz CT molecular complexity index is 1010. The van der Waals surface area contributed by atoms with Gasteiger partial charge in [0.1, 0.15) is 19.1 Å². The molecule has 0 aliphatic carbocycles. The molecular weight excluding hydrogens is 371 g/mol. The predicted octanol–water partition coefficient (Wildman–Crippen LogP) is 1.60. The van der Waals surface area contributed by atoms with E-state index in [4.69, 9.17) is 21.4 Å². The van der Waals surface area contributed by atoms with Crippen LogP contribution in [0.5, 0.6) is 0 Å². The highest BCUT2D eigenvalue weighted by atomic mass is 35.5. The molecule has 2 heterocycles. The van der Waals surface area contributed by atoms with E-state index in [1.165, 1.54) is 13.2 Å². The maximum atomic E-state index is 14.5. The van der Waals surface area contributed by atoms with Crippen molar-refractivity contribution in [3.8, 4) is 0 Å². The Hall–Kier alpha value is -2.48. The van der Waals surface area contributed by atoms with Crippen LogP contribution < -0.4 is 10.6 Å². The Kier molecular flexibility index (Phi) is 4.82. The van der Waals surface area contributed by atoms with E-state index >= 15 is 0 Å². The third kappa shape index (κ3) is 3.53. The van der Waals surface area contributed by atoms with E-state index in [0.717, 1.165) is 11.6 Å². The van der Waals surface area contributed by atoms with Gasteiger partial charge in [-0.15, -0.1) is 0 Å². The second kappa shape index (κ2) is 7.26. The number of hydrogen-bond donors (Lipinski definition) is 1. The Balaban J connectivity index is 1.84. The number of nitrogens with zero attached hydrogens (tertiary/aromatic N) is 4. The summed E-state index contributed by atoms with van der Waals surface area (Å²) in [6.07, 6.45) is 1.39. The van der Waals surface area contributed by atoms with Crippen molar-refractivity contribution in [3.63, 3.8) is 0 Å². The summed E-state index contributed by atoms with van der Waals surface area (Å²) in [5, 5.41) is 17.4. The molecule has 2 aliphatic rings. The predicted molar refractivity (Wildman–Crippen MR) is 99.4 cm³/mol. The smallest absolute Gasteiger partial charge is 0.132 e. The van der Waals surface area contributed by atoms with Crippen molar-refractivity contribution in [3.05, 3.63) is 69.4 Å². The number of hydrogen-bond acceptors (Lipinski definition) is 6. The van der Waals surface area contributed by atoms with Gasteiger partial charge < -0.3 is 4.84 Å². The average Bonchev–Trinajstić information content (AvgIpc) is 3.43. The van der Waals surface area contributed by atoms with E-state index in [9.17, 15) is 9.60 Å². The Labute approximate surface area is 160 Å². The molecule has 1 saturated heterocycles. The van der Waals surface area contributed by atoms with E-state index in [-0.39, 0.29) is 18.8 Å². The number of hydroxylamine groups is 2. The fraction of sp³-hybridized carbons (Fsp3) is 0.263. The molecule has 4 rings (SSSR count). The quantitative estimate of drug-likeness (QED) is 0.491. The first-order valence-electron chi connectivity index (χ1n) is 8.50. The third-order valence-corrected chi connectivity index (χ3v) is 4.87. The Morgan fingerprint density at radius 3 is 2.89 bits per heavy atom. The summed E-state index contributed by atoms with van der Waals surface area (Å²) in [5.74, 6) is -0.423. The zero-order valence-electron chi connectivity index (χ0n) is 14.6. The molecule has 2 aliphatic heterocycles. The number of rotatable bonds is 4. The molecule has 1 fully saturated rings. The van der Waals surface area contributed by atoms with Crippen molar-refractivity contribution in [1.82, 2.24) is 9.96 Å². The van der Waals surface area contributed by atoms with Crippen LogP contribution >= 0.6 is 11.6 Å². The molecule has 1 N–H and O–H groups in total. The molecule has 2 aromatic rings. The molecule has 0 radical (unpaired) electrons. The standard InChI is InChI=1S/C19H18ClFN4O2/c1-27-22-9-13-10-24(13)18-11-25(26)19(14-4-2-3-5-16(14)21)15-8-12(20)6-7-17(15)23-18/h2-9,13,18,26H,10-11H2,1H3/b22-9+. The monoisotopic (exact) mass is 388 g/mol. The van der Waals surface area contributed by atoms with Gasteiger partial charge in [-0.3, -0.25) is 20.2 Å². The van der Waals surface area contributed by atoms with Gasteiger partial charge in [-0.05, 0) is 30.3 Å². The van der Waals surface area contributed by atoms with Gasteiger partial charge in [0, 0.05) is 22.3 Å². The van der Waals surface area contributed by atoms with Crippen LogP contribution in [0.4, 0.5) is 4.39 Å². The second-order valence-electron chi connectivity index (χ2n) is 6.38. The lowest BCUT2D eigenvalue weighted by Gasteiger charge is -2.23. The maximum absolute atomic E-state index is 14.5. The van der Waals surface area contributed by atoms with Crippen molar-refractivity contribution >= 4 is 23.5 Å². The van der Waals surface area contributed by atoms with E-state index in [2.05, 4.69) is 10.1 Å².